The van der Waals surface area contributed by atoms with Crippen molar-refractivity contribution in [3.05, 3.63) is 23.7 Å². The highest BCUT2D eigenvalue weighted by molar-refractivity contribution is 5.84. The van der Waals surface area contributed by atoms with Crippen molar-refractivity contribution in [3.63, 3.8) is 0 Å². The van der Waals surface area contributed by atoms with E-state index < -0.39 is 5.97 Å². The van der Waals surface area contributed by atoms with Gasteiger partial charge in [-0.15, -0.1) is 0 Å². The molecule has 0 saturated carbocycles. The van der Waals surface area contributed by atoms with E-state index in [9.17, 15) is 9.59 Å². The maximum atomic E-state index is 11.4. The van der Waals surface area contributed by atoms with Crippen molar-refractivity contribution in [2.45, 2.75) is 26.5 Å². The maximum absolute atomic E-state index is 11.4. The number of aromatic carboxylic acids is 1. The summed E-state index contributed by atoms with van der Waals surface area (Å²) in [7, 11) is 0. The summed E-state index contributed by atoms with van der Waals surface area (Å²) in [5, 5.41) is 13.9. The molecule has 1 heterocycles. The van der Waals surface area contributed by atoms with E-state index in [0.29, 0.717) is 18.9 Å². The highest BCUT2D eigenvalue weighted by atomic mass is 16.5. The minimum absolute atomic E-state index is 0.0574. The Balaban J connectivity index is 2.27. The molecule has 0 bridgehead atoms. The summed E-state index contributed by atoms with van der Waals surface area (Å²) in [5.41, 5.74) is 0. The average Bonchev–Trinajstić information content (AvgIpc) is 2.83. The number of carbonyl (C=O) groups is 2. The number of furan rings is 1. The molecule has 0 spiro atoms. The largest absolute Gasteiger partial charge is 0.475 e. The normalized spacial score (nSPS) is 11.9. The second-order valence-electron chi connectivity index (χ2n) is 3.90. The SMILES string of the molecule is CCOC(C)CNC(=O)NCc1ccc(C(=O)O)o1. The number of hydrogen-bond acceptors (Lipinski definition) is 4. The fraction of sp³-hybridized carbons (Fsp3) is 0.500. The first kappa shape index (κ1) is 15.0. The van der Waals surface area contributed by atoms with E-state index in [0.717, 1.165) is 0 Å². The smallest absolute Gasteiger partial charge is 0.371 e. The minimum Gasteiger partial charge on any atom is -0.475 e. The van der Waals surface area contributed by atoms with Crippen LogP contribution in [0.1, 0.15) is 30.2 Å². The Morgan fingerprint density at radius 1 is 1.42 bits per heavy atom. The number of amides is 2. The van der Waals surface area contributed by atoms with Gasteiger partial charge in [-0.2, -0.15) is 0 Å². The van der Waals surface area contributed by atoms with Crippen molar-refractivity contribution in [2.75, 3.05) is 13.2 Å². The van der Waals surface area contributed by atoms with Crippen LogP contribution in [0.25, 0.3) is 0 Å². The van der Waals surface area contributed by atoms with Gasteiger partial charge in [-0.05, 0) is 26.0 Å². The molecular weight excluding hydrogens is 252 g/mol. The summed E-state index contributed by atoms with van der Waals surface area (Å²) in [4.78, 5) is 22.0. The first-order valence-corrected chi connectivity index (χ1v) is 5.98. The molecule has 2 amide bonds. The lowest BCUT2D eigenvalue weighted by Gasteiger charge is -2.12. The number of hydrogen-bond donors (Lipinski definition) is 3. The molecule has 106 valence electrons. The predicted molar refractivity (Wildman–Crippen MR) is 67.0 cm³/mol. The van der Waals surface area contributed by atoms with Gasteiger partial charge in [0.15, 0.2) is 0 Å². The van der Waals surface area contributed by atoms with Crippen molar-refractivity contribution in [2.24, 2.45) is 0 Å². The number of carbonyl (C=O) groups excluding carboxylic acids is 1. The van der Waals surface area contributed by atoms with Crippen molar-refractivity contribution >= 4 is 12.0 Å². The first-order chi connectivity index (χ1) is 9.02. The lowest BCUT2D eigenvalue weighted by atomic mass is 10.4. The van der Waals surface area contributed by atoms with Gasteiger partial charge in [-0.1, -0.05) is 0 Å². The number of nitrogens with one attached hydrogen (secondary N) is 2. The summed E-state index contributed by atoms with van der Waals surface area (Å²) in [5.74, 6) is -0.908. The number of urea groups is 1. The van der Waals surface area contributed by atoms with Crippen LogP contribution in [-0.2, 0) is 11.3 Å². The Hall–Kier alpha value is -2.02. The quantitative estimate of drug-likeness (QED) is 0.691. The molecule has 0 aromatic carbocycles. The Kier molecular flexibility index (Phi) is 5.87. The van der Waals surface area contributed by atoms with E-state index in [4.69, 9.17) is 14.3 Å². The third kappa shape index (κ3) is 5.43. The van der Waals surface area contributed by atoms with Crippen LogP contribution in [-0.4, -0.2) is 36.4 Å². The fourth-order valence-electron chi connectivity index (χ4n) is 1.40. The van der Waals surface area contributed by atoms with Crippen molar-refractivity contribution in [3.8, 4) is 0 Å². The molecule has 0 fully saturated rings. The van der Waals surface area contributed by atoms with Gasteiger partial charge in [0.05, 0.1) is 12.6 Å². The predicted octanol–water partition coefficient (Wildman–Crippen LogP) is 1.20. The maximum Gasteiger partial charge on any atom is 0.371 e. The molecular formula is C12H18N2O5. The number of ether oxygens (including phenoxy) is 1. The van der Waals surface area contributed by atoms with Crippen LogP contribution < -0.4 is 10.6 Å². The summed E-state index contributed by atoms with van der Waals surface area (Å²) in [6.45, 7) is 4.86. The molecule has 1 rings (SSSR count). The zero-order valence-corrected chi connectivity index (χ0v) is 10.9. The summed E-state index contributed by atoms with van der Waals surface area (Å²) in [6, 6.07) is 2.49. The molecule has 0 saturated heterocycles. The van der Waals surface area contributed by atoms with Gasteiger partial charge in [-0.3, -0.25) is 0 Å². The van der Waals surface area contributed by atoms with Gasteiger partial charge in [0.25, 0.3) is 0 Å². The van der Waals surface area contributed by atoms with Gasteiger partial charge in [0.2, 0.25) is 5.76 Å². The molecule has 1 atom stereocenters. The standard InChI is InChI=1S/C12H18N2O5/c1-3-18-8(2)6-13-12(17)14-7-9-4-5-10(19-9)11(15)16/h4-5,8H,3,6-7H2,1-2H3,(H,15,16)(H2,13,14,17). The summed E-state index contributed by atoms with van der Waals surface area (Å²) >= 11 is 0. The fourth-order valence-corrected chi connectivity index (χ4v) is 1.40. The van der Waals surface area contributed by atoms with Gasteiger partial charge < -0.3 is 24.9 Å². The number of carboxylic acids is 1. The van der Waals surface area contributed by atoms with Crippen LogP contribution in [0.5, 0.6) is 0 Å². The average molecular weight is 270 g/mol. The van der Waals surface area contributed by atoms with Gasteiger partial charge in [0.1, 0.15) is 5.76 Å². The number of carboxylic acid groups (broad SMARTS) is 1. The zero-order chi connectivity index (χ0) is 14.3. The van der Waals surface area contributed by atoms with Gasteiger partial charge >= 0.3 is 12.0 Å². The molecule has 0 aliphatic heterocycles. The third-order valence-electron chi connectivity index (χ3n) is 2.30. The Labute approximate surface area is 110 Å². The topological polar surface area (TPSA) is 101 Å². The van der Waals surface area contributed by atoms with Crippen LogP contribution in [0.3, 0.4) is 0 Å². The molecule has 0 aliphatic rings. The second-order valence-corrected chi connectivity index (χ2v) is 3.90. The third-order valence-corrected chi connectivity index (χ3v) is 2.30. The molecule has 0 radical (unpaired) electrons. The van der Waals surface area contributed by atoms with Gasteiger partial charge in [0, 0.05) is 13.2 Å². The van der Waals surface area contributed by atoms with Crippen molar-refractivity contribution < 1.29 is 23.8 Å². The molecule has 0 aliphatic carbocycles. The van der Waals surface area contributed by atoms with Crippen LogP contribution in [0.2, 0.25) is 0 Å². The van der Waals surface area contributed by atoms with Gasteiger partial charge in [-0.25, -0.2) is 9.59 Å². The molecule has 7 nitrogen and oxygen atoms in total. The van der Waals surface area contributed by atoms with E-state index >= 15 is 0 Å². The molecule has 19 heavy (non-hydrogen) atoms. The molecule has 7 heteroatoms. The Bertz CT molecular complexity index is 430. The van der Waals surface area contributed by atoms with E-state index in [1.54, 1.807) is 0 Å². The molecule has 1 unspecified atom stereocenters. The Morgan fingerprint density at radius 3 is 2.74 bits per heavy atom. The van der Waals surface area contributed by atoms with Crippen LogP contribution in [0.4, 0.5) is 4.79 Å². The summed E-state index contributed by atoms with van der Waals surface area (Å²) in [6.07, 6.45) is -0.0574. The number of rotatable bonds is 7. The van der Waals surface area contributed by atoms with Crippen molar-refractivity contribution in [1.82, 2.24) is 10.6 Å². The molecule has 1 aromatic heterocycles. The van der Waals surface area contributed by atoms with Crippen molar-refractivity contribution in [1.29, 1.82) is 0 Å². The first-order valence-electron chi connectivity index (χ1n) is 5.98. The Morgan fingerprint density at radius 2 is 2.16 bits per heavy atom. The highest BCUT2D eigenvalue weighted by Gasteiger charge is 2.10. The van der Waals surface area contributed by atoms with E-state index in [-0.39, 0.29) is 24.4 Å². The molecule has 3 N–H and O–H groups in total. The monoisotopic (exact) mass is 270 g/mol. The minimum atomic E-state index is -1.14. The van der Waals surface area contributed by atoms with E-state index in [2.05, 4.69) is 10.6 Å². The van der Waals surface area contributed by atoms with Crippen LogP contribution in [0.15, 0.2) is 16.5 Å². The van der Waals surface area contributed by atoms with Crippen LogP contribution >= 0.6 is 0 Å². The van der Waals surface area contributed by atoms with E-state index in [1.807, 2.05) is 13.8 Å². The second kappa shape index (κ2) is 7.42. The lowest BCUT2D eigenvalue weighted by molar-refractivity contribution is 0.0660. The lowest BCUT2D eigenvalue weighted by Crippen LogP contribution is -2.39. The summed E-state index contributed by atoms with van der Waals surface area (Å²) < 4.78 is 10.3. The van der Waals surface area contributed by atoms with E-state index in [1.165, 1.54) is 12.1 Å². The zero-order valence-electron chi connectivity index (χ0n) is 10.9. The molecule has 1 aromatic rings. The van der Waals surface area contributed by atoms with Crippen LogP contribution in [0, 0.1) is 0 Å². The highest BCUT2D eigenvalue weighted by Crippen LogP contribution is 2.07.